The average molecular weight is 309 g/mol. The van der Waals surface area contributed by atoms with Crippen molar-refractivity contribution in [3.8, 4) is 0 Å². The van der Waals surface area contributed by atoms with Gasteiger partial charge in [0.15, 0.2) is 0 Å². The molecule has 0 spiro atoms. The van der Waals surface area contributed by atoms with Crippen LogP contribution in [0.2, 0.25) is 5.02 Å². The zero-order valence-electron chi connectivity index (χ0n) is 12.2. The van der Waals surface area contributed by atoms with E-state index in [9.17, 15) is 9.59 Å². The Morgan fingerprint density at radius 1 is 1.19 bits per heavy atom. The third-order valence-electron chi connectivity index (χ3n) is 4.03. The van der Waals surface area contributed by atoms with Gasteiger partial charge in [-0.1, -0.05) is 49.6 Å². The van der Waals surface area contributed by atoms with E-state index in [0.717, 1.165) is 24.8 Å². The lowest BCUT2D eigenvalue weighted by Gasteiger charge is -2.29. The number of halogens is 1. The van der Waals surface area contributed by atoms with Crippen molar-refractivity contribution in [1.29, 1.82) is 0 Å². The summed E-state index contributed by atoms with van der Waals surface area (Å²) in [6.45, 7) is 2.37. The van der Waals surface area contributed by atoms with Crippen LogP contribution in [0.15, 0.2) is 24.3 Å². The Morgan fingerprint density at radius 3 is 2.62 bits per heavy atom. The highest BCUT2D eigenvalue weighted by molar-refractivity contribution is 6.35. The summed E-state index contributed by atoms with van der Waals surface area (Å²) >= 11 is 6.01. The normalized spacial score (nSPS) is 21.6. The van der Waals surface area contributed by atoms with E-state index in [-0.39, 0.29) is 12.6 Å². The van der Waals surface area contributed by atoms with Crippen molar-refractivity contribution in [1.82, 2.24) is 10.6 Å². The first kappa shape index (κ1) is 15.8. The van der Waals surface area contributed by atoms with Crippen LogP contribution in [-0.4, -0.2) is 17.9 Å². The van der Waals surface area contributed by atoms with Crippen molar-refractivity contribution < 1.29 is 9.59 Å². The number of benzene rings is 1. The Labute approximate surface area is 130 Å². The largest absolute Gasteiger partial charge is 0.345 e. The highest BCUT2D eigenvalue weighted by atomic mass is 35.5. The molecule has 0 aromatic heterocycles. The van der Waals surface area contributed by atoms with Gasteiger partial charge in [-0.3, -0.25) is 9.59 Å². The van der Waals surface area contributed by atoms with Crippen molar-refractivity contribution in [2.75, 3.05) is 0 Å². The van der Waals surface area contributed by atoms with Crippen LogP contribution in [0, 0.1) is 5.92 Å². The van der Waals surface area contributed by atoms with Crippen molar-refractivity contribution in [2.24, 2.45) is 5.92 Å². The predicted octanol–water partition coefficient (Wildman–Crippen LogP) is 2.65. The summed E-state index contributed by atoms with van der Waals surface area (Å²) in [4.78, 5) is 23.7. The molecule has 1 aromatic rings. The lowest BCUT2D eigenvalue weighted by atomic mass is 9.86. The van der Waals surface area contributed by atoms with E-state index < -0.39 is 11.8 Å². The van der Waals surface area contributed by atoms with Gasteiger partial charge in [0.1, 0.15) is 0 Å². The molecule has 0 radical (unpaired) electrons. The van der Waals surface area contributed by atoms with Crippen molar-refractivity contribution in [2.45, 2.75) is 45.2 Å². The number of hydrogen-bond acceptors (Lipinski definition) is 2. The first-order valence-electron chi connectivity index (χ1n) is 7.40. The maximum absolute atomic E-state index is 11.9. The second-order valence-electron chi connectivity index (χ2n) is 5.62. The van der Waals surface area contributed by atoms with Crippen LogP contribution in [0.3, 0.4) is 0 Å². The van der Waals surface area contributed by atoms with Gasteiger partial charge in [0.05, 0.1) is 0 Å². The predicted molar refractivity (Wildman–Crippen MR) is 82.9 cm³/mol. The van der Waals surface area contributed by atoms with E-state index in [1.807, 2.05) is 18.2 Å². The summed E-state index contributed by atoms with van der Waals surface area (Å²) < 4.78 is 0. The Kier molecular flexibility index (Phi) is 5.62. The number of carbonyl (C=O) groups is 2. The molecular weight excluding hydrogens is 288 g/mol. The standard InChI is InChI=1S/C16H21ClN2O2/c1-11-6-2-5-9-14(11)19-16(21)15(20)18-10-12-7-3-4-8-13(12)17/h3-4,7-8,11,14H,2,5-6,9-10H2,1H3,(H,18,20)(H,19,21)/t11-,14+/m1/s1. The number of rotatable bonds is 3. The zero-order chi connectivity index (χ0) is 15.2. The van der Waals surface area contributed by atoms with E-state index in [2.05, 4.69) is 17.6 Å². The molecule has 2 N–H and O–H groups in total. The molecule has 0 saturated heterocycles. The number of carbonyl (C=O) groups excluding carboxylic acids is 2. The SMILES string of the molecule is C[C@@H]1CCCC[C@@H]1NC(=O)C(=O)NCc1ccccc1Cl. The third-order valence-corrected chi connectivity index (χ3v) is 4.40. The van der Waals surface area contributed by atoms with E-state index in [0.29, 0.717) is 10.9 Å². The van der Waals surface area contributed by atoms with Gasteiger partial charge >= 0.3 is 11.8 Å². The Bertz CT molecular complexity index is 519. The Hall–Kier alpha value is -1.55. The smallest absolute Gasteiger partial charge is 0.309 e. The molecule has 114 valence electrons. The fourth-order valence-electron chi connectivity index (χ4n) is 2.66. The highest BCUT2D eigenvalue weighted by Crippen LogP contribution is 2.23. The van der Waals surface area contributed by atoms with Gasteiger partial charge in [-0.25, -0.2) is 0 Å². The maximum atomic E-state index is 11.9. The third kappa shape index (κ3) is 4.46. The quantitative estimate of drug-likeness (QED) is 0.843. The van der Waals surface area contributed by atoms with Crippen LogP contribution < -0.4 is 10.6 Å². The highest BCUT2D eigenvalue weighted by Gasteiger charge is 2.25. The number of nitrogens with one attached hydrogen (secondary N) is 2. The lowest BCUT2D eigenvalue weighted by Crippen LogP contribution is -2.47. The molecule has 1 saturated carbocycles. The van der Waals surface area contributed by atoms with Crippen LogP contribution in [0.5, 0.6) is 0 Å². The van der Waals surface area contributed by atoms with Gasteiger partial charge < -0.3 is 10.6 Å². The van der Waals surface area contributed by atoms with Crippen LogP contribution in [0.1, 0.15) is 38.2 Å². The van der Waals surface area contributed by atoms with Crippen LogP contribution >= 0.6 is 11.6 Å². The molecule has 0 aliphatic heterocycles. The van der Waals surface area contributed by atoms with Crippen LogP contribution in [-0.2, 0) is 16.1 Å². The molecule has 2 atom stereocenters. The van der Waals surface area contributed by atoms with Gasteiger partial charge in [-0.15, -0.1) is 0 Å². The molecule has 0 unspecified atom stereocenters. The molecule has 5 heteroatoms. The first-order valence-corrected chi connectivity index (χ1v) is 7.78. The van der Waals surface area contributed by atoms with Gasteiger partial charge in [0.25, 0.3) is 0 Å². The molecular formula is C16H21ClN2O2. The zero-order valence-corrected chi connectivity index (χ0v) is 13.0. The molecule has 4 nitrogen and oxygen atoms in total. The van der Waals surface area contributed by atoms with E-state index in [4.69, 9.17) is 11.6 Å². The molecule has 1 fully saturated rings. The molecule has 2 amide bonds. The summed E-state index contributed by atoms with van der Waals surface area (Å²) in [6, 6.07) is 7.36. The molecule has 21 heavy (non-hydrogen) atoms. The summed E-state index contributed by atoms with van der Waals surface area (Å²) in [5.41, 5.74) is 0.798. The summed E-state index contributed by atoms with van der Waals surface area (Å²) in [5.74, 6) is -0.729. The van der Waals surface area contributed by atoms with Crippen LogP contribution in [0.4, 0.5) is 0 Å². The minimum Gasteiger partial charge on any atom is -0.345 e. The summed E-state index contributed by atoms with van der Waals surface area (Å²) in [7, 11) is 0. The Morgan fingerprint density at radius 2 is 1.90 bits per heavy atom. The molecule has 1 aliphatic rings. The summed E-state index contributed by atoms with van der Waals surface area (Å²) in [6.07, 6.45) is 4.36. The van der Waals surface area contributed by atoms with E-state index >= 15 is 0 Å². The van der Waals surface area contributed by atoms with Crippen molar-refractivity contribution >= 4 is 23.4 Å². The van der Waals surface area contributed by atoms with Gasteiger partial charge in [0.2, 0.25) is 0 Å². The second kappa shape index (κ2) is 7.46. The van der Waals surface area contributed by atoms with Gasteiger partial charge in [0, 0.05) is 17.6 Å². The fraction of sp³-hybridized carbons (Fsp3) is 0.500. The number of hydrogen-bond donors (Lipinski definition) is 2. The van der Waals surface area contributed by atoms with E-state index in [1.54, 1.807) is 6.07 Å². The molecule has 0 bridgehead atoms. The topological polar surface area (TPSA) is 58.2 Å². The molecule has 1 aromatic carbocycles. The number of amides is 2. The second-order valence-corrected chi connectivity index (χ2v) is 6.02. The molecule has 0 heterocycles. The minimum atomic E-state index is -0.604. The van der Waals surface area contributed by atoms with Gasteiger partial charge in [-0.05, 0) is 30.4 Å². The first-order chi connectivity index (χ1) is 10.1. The maximum Gasteiger partial charge on any atom is 0.309 e. The summed E-state index contributed by atoms with van der Waals surface area (Å²) in [5, 5.41) is 6.03. The van der Waals surface area contributed by atoms with Gasteiger partial charge in [-0.2, -0.15) is 0 Å². The average Bonchev–Trinajstić information content (AvgIpc) is 2.48. The van der Waals surface area contributed by atoms with Crippen molar-refractivity contribution in [3.05, 3.63) is 34.9 Å². The fourth-order valence-corrected chi connectivity index (χ4v) is 2.86. The lowest BCUT2D eigenvalue weighted by molar-refractivity contribution is -0.140. The Balaban J connectivity index is 1.82. The van der Waals surface area contributed by atoms with Crippen molar-refractivity contribution in [3.63, 3.8) is 0 Å². The van der Waals surface area contributed by atoms with Crippen LogP contribution in [0.25, 0.3) is 0 Å². The monoisotopic (exact) mass is 308 g/mol. The molecule has 1 aliphatic carbocycles. The minimum absolute atomic E-state index is 0.109. The molecule has 2 rings (SSSR count). The van der Waals surface area contributed by atoms with E-state index in [1.165, 1.54) is 6.42 Å².